The van der Waals surface area contributed by atoms with Crippen LogP contribution in [0, 0.1) is 5.41 Å². The molecule has 0 spiro atoms. The van der Waals surface area contributed by atoms with Crippen LogP contribution in [0.15, 0.2) is 42.4 Å². The van der Waals surface area contributed by atoms with Crippen molar-refractivity contribution in [1.82, 2.24) is 10.3 Å². The lowest BCUT2D eigenvalue weighted by Crippen LogP contribution is -2.36. The van der Waals surface area contributed by atoms with Crippen LogP contribution in [0.25, 0.3) is 11.1 Å². The smallest absolute Gasteiger partial charge is 0.414 e. The predicted molar refractivity (Wildman–Crippen MR) is 106 cm³/mol. The van der Waals surface area contributed by atoms with Gasteiger partial charge in [-0.15, -0.1) is 0 Å². The molecule has 2 aliphatic heterocycles. The summed E-state index contributed by atoms with van der Waals surface area (Å²) in [7, 11) is 1.70. The van der Waals surface area contributed by atoms with Gasteiger partial charge in [0.1, 0.15) is 18.2 Å². The van der Waals surface area contributed by atoms with Gasteiger partial charge in [-0.1, -0.05) is 19.9 Å². The molecule has 1 N–H and O–H groups in total. The van der Waals surface area contributed by atoms with E-state index in [1.165, 1.54) is 4.90 Å². The normalized spacial score (nSPS) is 20.7. The van der Waals surface area contributed by atoms with Crippen LogP contribution in [-0.4, -0.2) is 24.1 Å². The Labute approximate surface area is 164 Å². The summed E-state index contributed by atoms with van der Waals surface area (Å²) in [6, 6.07) is 8.11. The molecule has 4 rings (SSSR count). The Morgan fingerprint density at radius 3 is 2.86 bits per heavy atom. The quantitative estimate of drug-likeness (QED) is 0.801. The van der Waals surface area contributed by atoms with Crippen LogP contribution < -0.4 is 10.2 Å². The number of nitrogens with zero attached hydrogens (tertiary/aromatic N) is 2. The van der Waals surface area contributed by atoms with Crippen molar-refractivity contribution in [2.24, 2.45) is 5.41 Å². The minimum absolute atomic E-state index is 0.0432. The number of cyclic esters (lactones) is 1. The fourth-order valence-corrected chi connectivity index (χ4v) is 3.84. The lowest BCUT2D eigenvalue weighted by molar-refractivity contribution is 0.143. The molecule has 1 aromatic carbocycles. The molecule has 144 valence electrons. The average Bonchev–Trinajstić information content (AvgIpc) is 2.70. The van der Waals surface area contributed by atoms with Gasteiger partial charge in [0, 0.05) is 36.0 Å². The molecular weight excluding hydrogens is 354 g/mol. The summed E-state index contributed by atoms with van der Waals surface area (Å²) in [5.41, 5.74) is 5.32. The van der Waals surface area contributed by atoms with Gasteiger partial charge in [-0.3, -0.25) is 9.88 Å². The second kappa shape index (κ2) is 6.80. The molecule has 0 aliphatic carbocycles. The average molecular weight is 377 g/mol. The van der Waals surface area contributed by atoms with Gasteiger partial charge < -0.3 is 10.1 Å². The van der Waals surface area contributed by atoms with Crippen molar-refractivity contribution >= 4 is 17.7 Å². The first kappa shape index (κ1) is 18.3. The predicted octanol–water partition coefficient (Wildman–Crippen LogP) is 4.00. The van der Waals surface area contributed by atoms with Crippen molar-refractivity contribution < 1.29 is 14.3 Å². The molecule has 1 saturated heterocycles. The maximum atomic E-state index is 11.7. The molecule has 0 radical (unpaired) electrons. The first-order valence-corrected chi connectivity index (χ1v) is 9.40. The van der Waals surface area contributed by atoms with Crippen molar-refractivity contribution in [3.63, 3.8) is 0 Å². The monoisotopic (exact) mass is 377 g/mol. The van der Waals surface area contributed by atoms with Crippen LogP contribution in [0.2, 0.25) is 0 Å². The summed E-state index contributed by atoms with van der Waals surface area (Å²) in [6.07, 6.45) is 5.17. The SMILES string of the molecule is CN1C(=O)OCc2cc(-c3cncc(C4CCC(C)(C)C(=C=O)N4)c3)ccc21. The van der Waals surface area contributed by atoms with Gasteiger partial charge >= 0.3 is 6.09 Å². The molecule has 3 heterocycles. The van der Waals surface area contributed by atoms with Gasteiger partial charge in [0.2, 0.25) is 0 Å². The highest BCUT2D eigenvalue weighted by atomic mass is 16.6. The van der Waals surface area contributed by atoms with Gasteiger partial charge in [-0.25, -0.2) is 9.59 Å². The molecule has 1 aromatic heterocycles. The summed E-state index contributed by atoms with van der Waals surface area (Å²) in [5.74, 6) is 2.07. The number of anilines is 1. The summed E-state index contributed by atoms with van der Waals surface area (Å²) in [5, 5.41) is 3.34. The number of benzene rings is 1. The topological polar surface area (TPSA) is 71.5 Å². The van der Waals surface area contributed by atoms with Crippen LogP contribution >= 0.6 is 0 Å². The number of hydrogen-bond acceptors (Lipinski definition) is 5. The highest BCUT2D eigenvalue weighted by molar-refractivity contribution is 5.90. The van der Waals surface area contributed by atoms with E-state index in [-0.39, 0.29) is 24.2 Å². The Kier molecular flexibility index (Phi) is 4.44. The largest absolute Gasteiger partial charge is 0.444 e. The molecule has 6 nitrogen and oxygen atoms in total. The molecule has 0 saturated carbocycles. The highest BCUT2D eigenvalue weighted by Gasteiger charge is 2.33. The lowest BCUT2D eigenvalue weighted by Gasteiger charge is -2.36. The van der Waals surface area contributed by atoms with Gasteiger partial charge in [0.15, 0.2) is 0 Å². The van der Waals surface area contributed by atoms with Crippen molar-refractivity contribution in [1.29, 1.82) is 0 Å². The van der Waals surface area contributed by atoms with Gasteiger partial charge in [-0.05, 0) is 42.2 Å². The third kappa shape index (κ3) is 3.16. The number of rotatable bonds is 2. The second-order valence-corrected chi connectivity index (χ2v) is 8.06. The lowest BCUT2D eigenvalue weighted by atomic mass is 9.78. The molecule has 0 bridgehead atoms. The number of aromatic nitrogens is 1. The number of fused-ring (bicyclic) bond motifs is 1. The first-order valence-electron chi connectivity index (χ1n) is 9.40. The van der Waals surface area contributed by atoms with Crippen LogP contribution in [0.3, 0.4) is 0 Å². The molecular formula is C22H23N3O3. The standard InChI is InChI=1S/C22H23N3O3/c1-22(2)7-6-18(24-20(22)12-26)16-9-15(10-23-11-16)14-4-5-19-17(8-14)13-28-21(27)25(19)3/h4-5,8-11,18,24H,6-7,13H2,1-3H3. The fourth-order valence-electron chi connectivity index (χ4n) is 3.84. The fraction of sp³-hybridized carbons (Fsp3) is 0.364. The zero-order valence-electron chi connectivity index (χ0n) is 16.3. The van der Waals surface area contributed by atoms with E-state index in [4.69, 9.17) is 4.74 Å². The van der Waals surface area contributed by atoms with Gasteiger partial charge in [-0.2, -0.15) is 0 Å². The van der Waals surface area contributed by atoms with E-state index in [0.29, 0.717) is 5.70 Å². The van der Waals surface area contributed by atoms with E-state index < -0.39 is 0 Å². The van der Waals surface area contributed by atoms with E-state index in [0.717, 1.165) is 40.8 Å². The number of ether oxygens (including phenoxy) is 1. The number of carbonyl (C=O) groups excluding carboxylic acids is 2. The first-order chi connectivity index (χ1) is 13.4. The Hall–Kier alpha value is -3.11. The van der Waals surface area contributed by atoms with Crippen molar-refractivity contribution in [2.75, 3.05) is 11.9 Å². The van der Waals surface area contributed by atoms with E-state index in [1.54, 1.807) is 7.05 Å². The summed E-state index contributed by atoms with van der Waals surface area (Å²) < 4.78 is 5.19. The number of hydrogen-bond donors (Lipinski definition) is 1. The number of allylic oxidation sites excluding steroid dienone is 1. The Bertz CT molecular complexity index is 992. The minimum atomic E-state index is -0.339. The zero-order valence-corrected chi connectivity index (χ0v) is 16.3. The van der Waals surface area contributed by atoms with Crippen LogP contribution in [-0.2, 0) is 16.1 Å². The maximum absolute atomic E-state index is 11.7. The number of pyridine rings is 1. The van der Waals surface area contributed by atoms with E-state index in [9.17, 15) is 9.59 Å². The summed E-state index contributed by atoms with van der Waals surface area (Å²) in [4.78, 5) is 29.0. The van der Waals surface area contributed by atoms with Crippen molar-refractivity contribution in [2.45, 2.75) is 39.3 Å². The Balaban J connectivity index is 1.63. The Morgan fingerprint density at radius 2 is 2.07 bits per heavy atom. The third-order valence-corrected chi connectivity index (χ3v) is 5.72. The van der Waals surface area contributed by atoms with E-state index in [2.05, 4.69) is 36.2 Å². The molecule has 1 fully saturated rings. The Morgan fingerprint density at radius 1 is 1.25 bits per heavy atom. The minimum Gasteiger partial charge on any atom is -0.444 e. The van der Waals surface area contributed by atoms with Crippen LogP contribution in [0.5, 0.6) is 0 Å². The molecule has 28 heavy (non-hydrogen) atoms. The molecule has 1 unspecified atom stereocenters. The number of piperidine rings is 1. The van der Waals surface area contributed by atoms with Gasteiger partial charge in [0.05, 0.1) is 11.7 Å². The van der Waals surface area contributed by atoms with E-state index >= 15 is 0 Å². The number of amides is 1. The molecule has 2 aromatic rings. The second-order valence-electron chi connectivity index (χ2n) is 8.06. The summed E-state index contributed by atoms with van der Waals surface area (Å²) >= 11 is 0. The van der Waals surface area contributed by atoms with Crippen molar-refractivity contribution in [3.8, 4) is 11.1 Å². The summed E-state index contributed by atoms with van der Waals surface area (Å²) in [6.45, 7) is 4.39. The van der Waals surface area contributed by atoms with Crippen LogP contribution in [0.4, 0.5) is 10.5 Å². The molecule has 1 atom stereocenters. The number of nitrogens with one attached hydrogen (secondary N) is 1. The maximum Gasteiger partial charge on any atom is 0.414 e. The van der Waals surface area contributed by atoms with Crippen LogP contribution in [0.1, 0.15) is 43.9 Å². The zero-order chi connectivity index (χ0) is 19.9. The number of carbonyl (C=O) groups is 1. The van der Waals surface area contributed by atoms with Crippen molar-refractivity contribution in [3.05, 3.63) is 53.5 Å². The van der Waals surface area contributed by atoms with E-state index in [1.807, 2.05) is 30.6 Å². The molecule has 1 amide bonds. The highest BCUT2D eigenvalue weighted by Crippen LogP contribution is 2.39. The molecule has 2 aliphatic rings. The molecule has 6 heteroatoms. The third-order valence-electron chi connectivity index (χ3n) is 5.72. The van der Waals surface area contributed by atoms with Gasteiger partial charge in [0.25, 0.3) is 0 Å².